The number of carbonyl (C=O) groups excluding carboxylic acids is 1. The molecule has 0 bridgehead atoms. The van der Waals surface area contributed by atoms with E-state index in [0.717, 1.165) is 21.9 Å². The van der Waals surface area contributed by atoms with Crippen LogP contribution in [0.5, 0.6) is 0 Å². The number of benzene rings is 2. The van der Waals surface area contributed by atoms with Crippen LogP contribution >= 0.6 is 0 Å². The third kappa shape index (κ3) is 1.93. The molecule has 4 heteroatoms. The maximum Gasteiger partial charge on any atom is 0.338 e. The molecule has 1 aromatic heterocycles. The van der Waals surface area contributed by atoms with Gasteiger partial charge in [-0.2, -0.15) is 0 Å². The first-order valence-corrected chi connectivity index (χ1v) is 6.49. The van der Waals surface area contributed by atoms with E-state index in [0.29, 0.717) is 17.7 Å². The van der Waals surface area contributed by atoms with E-state index in [-0.39, 0.29) is 11.8 Å². The summed E-state index contributed by atoms with van der Waals surface area (Å²) < 4.78 is 18.9. The highest BCUT2D eigenvalue weighted by atomic mass is 19.1. The van der Waals surface area contributed by atoms with Crippen LogP contribution in [-0.4, -0.2) is 17.6 Å². The Bertz CT molecular complexity index is 820. The Morgan fingerprint density at radius 1 is 1.25 bits per heavy atom. The molecule has 0 aliphatic heterocycles. The zero-order chi connectivity index (χ0) is 14.3. The van der Waals surface area contributed by atoms with Gasteiger partial charge in [-0.15, -0.1) is 0 Å². The molecule has 0 amide bonds. The summed E-state index contributed by atoms with van der Waals surface area (Å²) in [7, 11) is 0. The predicted octanol–water partition coefficient (Wildman–Crippen LogP) is 3.95. The van der Waals surface area contributed by atoms with Gasteiger partial charge in [-0.05, 0) is 49.7 Å². The average Bonchev–Trinajstić information content (AvgIpc) is 2.77. The van der Waals surface area contributed by atoms with E-state index in [1.54, 1.807) is 25.1 Å². The summed E-state index contributed by atoms with van der Waals surface area (Å²) in [4.78, 5) is 14.8. The molecular weight excluding hydrogens is 257 g/mol. The van der Waals surface area contributed by atoms with Gasteiger partial charge in [0.1, 0.15) is 5.82 Å². The second-order valence-electron chi connectivity index (χ2n) is 4.78. The van der Waals surface area contributed by atoms with E-state index >= 15 is 0 Å². The van der Waals surface area contributed by atoms with Crippen molar-refractivity contribution < 1.29 is 13.9 Å². The van der Waals surface area contributed by atoms with E-state index in [9.17, 15) is 9.18 Å². The predicted molar refractivity (Wildman–Crippen MR) is 76.5 cm³/mol. The molecule has 0 radical (unpaired) electrons. The van der Waals surface area contributed by atoms with Crippen molar-refractivity contribution in [2.45, 2.75) is 13.8 Å². The number of hydrogen-bond donors (Lipinski definition) is 1. The Morgan fingerprint density at radius 3 is 2.80 bits per heavy atom. The number of aromatic amines is 1. The van der Waals surface area contributed by atoms with Gasteiger partial charge in [-0.3, -0.25) is 0 Å². The maximum absolute atomic E-state index is 13.9. The van der Waals surface area contributed by atoms with Crippen LogP contribution in [0.15, 0.2) is 30.3 Å². The van der Waals surface area contributed by atoms with Crippen LogP contribution in [0.2, 0.25) is 0 Å². The highest BCUT2D eigenvalue weighted by Gasteiger charge is 2.12. The second kappa shape index (κ2) is 4.63. The van der Waals surface area contributed by atoms with Crippen LogP contribution in [0.25, 0.3) is 21.8 Å². The third-order valence-corrected chi connectivity index (χ3v) is 3.32. The van der Waals surface area contributed by atoms with E-state index < -0.39 is 0 Å². The van der Waals surface area contributed by atoms with Crippen LogP contribution < -0.4 is 0 Å². The highest BCUT2D eigenvalue weighted by molar-refractivity contribution is 6.09. The number of ether oxygens (including phenoxy) is 1. The van der Waals surface area contributed by atoms with Crippen LogP contribution in [0, 0.1) is 12.7 Å². The minimum absolute atomic E-state index is 0.283. The quantitative estimate of drug-likeness (QED) is 0.717. The van der Waals surface area contributed by atoms with E-state index in [1.165, 1.54) is 6.07 Å². The number of aryl methyl sites for hydroxylation is 1. The molecule has 3 rings (SSSR count). The van der Waals surface area contributed by atoms with Crippen molar-refractivity contribution in [3.63, 3.8) is 0 Å². The summed E-state index contributed by atoms with van der Waals surface area (Å²) in [5.74, 6) is -0.647. The molecule has 0 aliphatic carbocycles. The molecule has 3 aromatic rings. The van der Waals surface area contributed by atoms with Crippen LogP contribution in [0.4, 0.5) is 4.39 Å². The smallest absolute Gasteiger partial charge is 0.338 e. The van der Waals surface area contributed by atoms with Crippen molar-refractivity contribution in [3.8, 4) is 0 Å². The molecule has 0 unspecified atom stereocenters. The van der Waals surface area contributed by atoms with Gasteiger partial charge in [0.2, 0.25) is 0 Å². The molecule has 0 fully saturated rings. The SMILES string of the molecule is CCOC(=O)c1ccc2[nH]c3c(F)cc(C)cc3c2c1. The Morgan fingerprint density at radius 2 is 2.05 bits per heavy atom. The zero-order valence-electron chi connectivity index (χ0n) is 11.3. The van der Waals surface area contributed by atoms with Crippen molar-refractivity contribution in [1.29, 1.82) is 0 Å². The number of carbonyl (C=O) groups is 1. The fourth-order valence-electron chi connectivity index (χ4n) is 2.43. The number of hydrogen-bond acceptors (Lipinski definition) is 2. The molecule has 0 atom stereocenters. The standard InChI is InChI=1S/C16H14FNO2/c1-3-20-16(19)10-4-5-14-11(8-10)12-6-9(2)7-13(17)15(12)18-14/h4-8,18H,3H2,1-2H3. The third-order valence-electron chi connectivity index (χ3n) is 3.32. The van der Waals surface area contributed by atoms with Gasteiger partial charge in [0.15, 0.2) is 0 Å². The van der Waals surface area contributed by atoms with E-state index in [1.807, 2.05) is 13.0 Å². The largest absolute Gasteiger partial charge is 0.462 e. The molecule has 102 valence electrons. The molecule has 20 heavy (non-hydrogen) atoms. The molecule has 0 aliphatic rings. The van der Waals surface area contributed by atoms with Crippen molar-refractivity contribution in [2.24, 2.45) is 0 Å². The van der Waals surface area contributed by atoms with Gasteiger partial charge in [0.05, 0.1) is 17.7 Å². The van der Waals surface area contributed by atoms with Crippen LogP contribution in [0.1, 0.15) is 22.8 Å². The minimum atomic E-state index is -0.364. The lowest BCUT2D eigenvalue weighted by atomic mass is 10.1. The summed E-state index contributed by atoms with van der Waals surface area (Å²) in [6, 6.07) is 8.60. The molecule has 2 aromatic carbocycles. The fourth-order valence-corrected chi connectivity index (χ4v) is 2.43. The van der Waals surface area contributed by atoms with Crippen molar-refractivity contribution >= 4 is 27.8 Å². The Labute approximate surface area is 115 Å². The number of H-pyrrole nitrogens is 1. The number of esters is 1. The first kappa shape index (κ1) is 12.7. The maximum atomic E-state index is 13.9. The average molecular weight is 271 g/mol. The van der Waals surface area contributed by atoms with Gasteiger partial charge in [0, 0.05) is 16.3 Å². The molecule has 1 heterocycles. The number of fused-ring (bicyclic) bond motifs is 3. The summed E-state index contributed by atoms with van der Waals surface area (Å²) in [5, 5.41) is 1.61. The van der Waals surface area contributed by atoms with Crippen molar-refractivity contribution in [2.75, 3.05) is 6.61 Å². The van der Waals surface area contributed by atoms with Gasteiger partial charge < -0.3 is 9.72 Å². The van der Waals surface area contributed by atoms with E-state index in [2.05, 4.69) is 4.98 Å². The number of rotatable bonds is 2. The number of aromatic nitrogens is 1. The van der Waals surface area contributed by atoms with Crippen molar-refractivity contribution in [3.05, 3.63) is 47.3 Å². The zero-order valence-corrected chi connectivity index (χ0v) is 11.3. The normalized spacial score (nSPS) is 11.2. The molecule has 0 saturated carbocycles. The first-order chi connectivity index (χ1) is 9.60. The highest BCUT2D eigenvalue weighted by Crippen LogP contribution is 2.29. The van der Waals surface area contributed by atoms with Crippen LogP contribution in [-0.2, 0) is 4.74 Å². The number of halogens is 1. The molecule has 1 N–H and O–H groups in total. The lowest BCUT2D eigenvalue weighted by Gasteiger charge is -2.01. The summed E-state index contributed by atoms with van der Waals surface area (Å²) >= 11 is 0. The van der Waals surface area contributed by atoms with Crippen LogP contribution in [0.3, 0.4) is 0 Å². The topological polar surface area (TPSA) is 42.1 Å². The Hall–Kier alpha value is -2.36. The molecule has 0 spiro atoms. The van der Waals surface area contributed by atoms with E-state index in [4.69, 9.17) is 4.74 Å². The lowest BCUT2D eigenvalue weighted by Crippen LogP contribution is -2.03. The van der Waals surface area contributed by atoms with Gasteiger partial charge in [-0.1, -0.05) is 0 Å². The van der Waals surface area contributed by atoms with Gasteiger partial charge in [-0.25, -0.2) is 9.18 Å². The molecular formula is C16H14FNO2. The lowest BCUT2D eigenvalue weighted by molar-refractivity contribution is 0.0526. The number of nitrogens with one attached hydrogen (secondary N) is 1. The van der Waals surface area contributed by atoms with Gasteiger partial charge in [0.25, 0.3) is 0 Å². The summed E-state index contributed by atoms with van der Waals surface area (Å²) in [6.45, 7) is 3.94. The van der Waals surface area contributed by atoms with Gasteiger partial charge >= 0.3 is 5.97 Å². The minimum Gasteiger partial charge on any atom is -0.462 e. The molecule has 3 nitrogen and oxygen atoms in total. The fraction of sp³-hybridized carbons (Fsp3) is 0.188. The monoisotopic (exact) mass is 271 g/mol. The Kier molecular flexibility index (Phi) is 2.93. The molecule has 0 saturated heterocycles. The second-order valence-corrected chi connectivity index (χ2v) is 4.78. The summed E-state index contributed by atoms with van der Waals surface area (Å²) in [6.07, 6.45) is 0. The summed E-state index contributed by atoms with van der Waals surface area (Å²) in [5.41, 5.74) is 2.59. The van der Waals surface area contributed by atoms with Crippen molar-refractivity contribution in [1.82, 2.24) is 4.98 Å². The first-order valence-electron chi connectivity index (χ1n) is 6.49. The Balaban J connectivity index is 2.27.